The topological polar surface area (TPSA) is 15.3 Å². The van der Waals surface area contributed by atoms with Crippen molar-refractivity contribution in [3.8, 4) is 0 Å². The monoisotopic (exact) mass is 260 g/mol. The highest BCUT2D eigenvalue weighted by atomic mass is 15.1. The maximum atomic E-state index is 3.53. The Balaban J connectivity index is 2.10. The van der Waals surface area contributed by atoms with E-state index in [1.807, 2.05) is 0 Å². The van der Waals surface area contributed by atoms with Crippen LogP contribution < -0.4 is 10.2 Å². The molecule has 2 nitrogen and oxygen atoms in total. The van der Waals surface area contributed by atoms with E-state index in [4.69, 9.17) is 0 Å². The fourth-order valence-electron chi connectivity index (χ4n) is 2.76. The van der Waals surface area contributed by atoms with Gasteiger partial charge in [-0.1, -0.05) is 45.9 Å². The van der Waals surface area contributed by atoms with Gasteiger partial charge in [0.15, 0.2) is 0 Å². The number of piperidine rings is 1. The second-order valence-corrected chi connectivity index (χ2v) is 6.35. The fourth-order valence-corrected chi connectivity index (χ4v) is 2.76. The van der Waals surface area contributed by atoms with Crippen molar-refractivity contribution in [2.45, 2.75) is 46.7 Å². The third kappa shape index (κ3) is 3.73. The highest BCUT2D eigenvalue weighted by Crippen LogP contribution is 2.29. The lowest BCUT2D eigenvalue weighted by Gasteiger charge is -2.38. The first-order chi connectivity index (χ1) is 9.08. The molecule has 1 aromatic carbocycles. The van der Waals surface area contributed by atoms with Crippen LogP contribution in [0.5, 0.6) is 0 Å². The van der Waals surface area contributed by atoms with Crippen molar-refractivity contribution in [3.05, 3.63) is 29.8 Å². The van der Waals surface area contributed by atoms with E-state index in [2.05, 4.69) is 62.2 Å². The molecule has 2 atom stereocenters. The van der Waals surface area contributed by atoms with Gasteiger partial charge in [0, 0.05) is 31.4 Å². The fraction of sp³-hybridized carbons (Fsp3) is 0.647. The van der Waals surface area contributed by atoms with Crippen LogP contribution in [0, 0.1) is 11.8 Å². The van der Waals surface area contributed by atoms with Crippen molar-refractivity contribution >= 4 is 5.69 Å². The molecule has 0 aliphatic carbocycles. The summed E-state index contributed by atoms with van der Waals surface area (Å²) in [6.45, 7) is 12.5. The van der Waals surface area contributed by atoms with Gasteiger partial charge in [-0.05, 0) is 29.9 Å². The van der Waals surface area contributed by atoms with E-state index in [0.29, 0.717) is 6.04 Å². The zero-order valence-corrected chi connectivity index (χ0v) is 12.8. The molecule has 1 fully saturated rings. The quantitative estimate of drug-likeness (QED) is 0.888. The smallest absolute Gasteiger partial charge is 0.0411 e. The molecule has 106 valence electrons. The molecule has 0 aromatic heterocycles. The summed E-state index contributed by atoms with van der Waals surface area (Å²) in [6, 6.07) is 9.38. The number of anilines is 1. The Labute approximate surface area is 118 Å². The second kappa shape index (κ2) is 6.42. The summed E-state index contributed by atoms with van der Waals surface area (Å²) in [6.07, 6.45) is 1.31. The molecule has 2 rings (SSSR count). The van der Waals surface area contributed by atoms with Crippen molar-refractivity contribution < 1.29 is 0 Å². The van der Waals surface area contributed by atoms with Gasteiger partial charge in [0.25, 0.3) is 0 Å². The van der Waals surface area contributed by atoms with E-state index in [9.17, 15) is 0 Å². The summed E-state index contributed by atoms with van der Waals surface area (Å²) >= 11 is 0. The predicted octanol–water partition coefficient (Wildman–Crippen LogP) is 3.67. The Kier molecular flexibility index (Phi) is 4.87. The van der Waals surface area contributed by atoms with Gasteiger partial charge >= 0.3 is 0 Å². The minimum absolute atomic E-state index is 0.536. The number of rotatable bonds is 4. The van der Waals surface area contributed by atoms with Crippen LogP contribution in [0.2, 0.25) is 0 Å². The van der Waals surface area contributed by atoms with Crippen LogP contribution in [-0.2, 0) is 6.54 Å². The van der Waals surface area contributed by atoms with Crippen LogP contribution in [-0.4, -0.2) is 19.1 Å². The van der Waals surface area contributed by atoms with Crippen LogP contribution in [0.25, 0.3) is 0 Å². The van der Waals surface area contributed by atoms with Gasteiger partial charge in [0.2, 0.25) is 0 Å². The van der Waals surface area contributed by atoms with Gasteiger partial charge in [-0.2, -0.15) is 0 Å². The Morgan fingerprint density at radius 2 is 1.95 bits per heavy atom. The van der Waals surface area contributed by atoms with Gasteiger partial charge in [0.1, 0.15) is 0 Å². The van der Waals surface area contributed by atoms with Crippen molar-refractivity contribution in [2.75, 3.05) is 18.0 Å². The lowest BCUT2D eigenvalue weighted by atomic mass is 9.88. The molecule has 0 radical (unpaired) electrons. The third-order valence-electron chi connectivity index (χ3n) is 4.37. The molecule has 1 heterocycles. The van der Waals surface area contributed by atoms with Gasteiger partial charge in [-0.25, -0.2) is 0 Å². The number of hydrogen-bond donors (Lipinski definition) is 1. The van der Waals surface area contributed by atoms with Crippen molar-refractivity contribution in [3.63, 3.8) is 0 Å². The van der Waals surface area contributed by atoms with E-state index in [1.165, 1.54) is 30.8 Å². The molecule has 1 aliphatic rings. The summed E-state index contributed by atoms with van der Waals surface area (Å²) in [5.74, 6) is 1.65. The molecule has 0 spiro atoms. The molecule has 1 N–H and O–H groups in total. The molecule has 1 aromatic rings. The van der Waals surface area contributed by atoms with Gasteiger partial charge in [0.05, 0.1) is 0 Å². The lowest BCUT2D eigenvalue weighted by molar-refractivity contribution is 0.323. The SMILES string of the molecule is CC(C)NCc1ccccc1N1CCC(C)C(C)C1. The molecule has 2 heteroatoms. The molecular weight excluding hydrogens is 232 g/mol. The van der Waals surface area contributed by atoms with Crippen LogP contribution in [0.3, 0.4) is 0 Å². The van der Waals surface area contributed by atoms with E-state index < -0.39 is 0 Å². The highest BCUT2D eigenvalue weighted by molar-refractivity contribution is 5.54. The van der Waals surface area contributed by atoms with Crippen molar-refractivity contribution in [2.24, 2.45) is 11.8 Å². The summed E-state index contributed by atoms with van der Waals surface area (Å²) in [5.41, 5.74) is 2.85. The molecular formula is C17H28N2. The zero-order valence-electron chi connectivity index (χ0n) is 12.8. The molecule has 1 saturated heterocycles. The normalized spacial score (nSPS) is 23.9. The van der Waals surface area contributed by atoms with Crippen LogP contribution in [0.4, 0.5) is 5.69 Å². The first kappa shape index (κ1) is 14.4. The standard InChI is InChI=1S/C17H28N2/c1-13(2)18-11-16-7-5-6-8-17(16)19-10-9-14(3)15(4)12-19/h5-8,13-15,18H,9-12H2,1-4H3. The number of hydrogen-bond acceptors (Lipinski definition) is 2. The molecule has 19 heavy (non-hydrogen) atoms. The second-order valence-electron chi connectivity index (χ2n) is 6.35. The Hall–Kier alpha value is -1.02. The van der Waals surface area contributed by atoms with Gasteiger partial charge in [-0.15, -0.1) is 0 Å². The first-order valence-corrected chi connectivity index (χ1v) is 7.64. The Morgan fingerprint density at radius 1 is 1.21 bits per heavy atom. The Bertz CT molecular complexity index is 400. The predicted molar refractivity (Wildman–Crippen MR) is 83.6 cm³/mol. The van der Waals surface area contributed by atoms with Crippen LogP contribution in [0.1, 0.15) is 39.7 Å². The maximum Gasteiger partial charge on any atom is 0.0411 e. The molecule has 2 unspecified atom stereocenters. The van der Waals surface area contributed by atoms with Crippen LogP contribution >= 0.6 is 0 Å². The molecule has 0 saturated carbocycles. The van der Waals surface area contributed by atoms with Crippen LogP contribution in [0.15, 0.2) is 24.3 Å². The molecule has 0 amide bonds. The van der Waals surface area contributed by atoms with Gasteiger partial charge in [-0.3, -0.25) is 0 Å². The minimum atomic E-state index is 0.536. The lowest BCUT2D eigenvalue weighted by Crippen LogP contribution is -2.39. The molecule has 1 aliphatic heterocycles. The largest absolute Gasteiger partial charge is 0.371 e. The summed E-state index contributed by atoms with van der Waals surface area (Å²) < 4.78 is 0. The number of para-hydroxylation sites is 1. The first-order valence-electron chi connectivity index (χ1n) is 7.64. The maximum absolute atomic E-state index is 3.53. The zero-order chi connectivity index (χ0) is 13.8. The Morgan fingerprint density at radius 3 is 2.63 bits per heavy atom. The van der Waals surface area contributed by atoms with E-state index in [-0.39, 0.29) is 0 Å². The average Bonchev–Trinajstić information content (AvgIpc) is 2.40. The summed E-state index contributed by atoms with van der Waals surface area (Å²) in [4.78, 5) is 2.57. The summed E-state index contributed by atoms with van der Waals surface area (Å²) in [5, 5.41) is 3.53. The number of nitrogens with zero attached hydrogens (tertiary/aromatic N) is 1. The van der Waals surface area contributed by atoms with E-state index in [1.54, 1.807) is 0 Å². The number of benzene rings is 1. The van der Waals surface area contributed by atoms with Crippen molar-refractivity contribution in [1.82, 2.24) is 5.32 Å². The summed E-state index contributed by atoms with van der Waals surface area (Å²) in [7, 11) is 0. The van der Waals surface area contributed by atoms with Gasteiger partial charge < -0.3 is 10.2 Å². The van der Waals surface area contributed by atoms with E-state index >= 15 is 0 Å². The molecule has 0 bridgehead atoms. The van der Waals surface area contributed by atoms with E-state index in [0.717, 1.165) is 18.4 Å². The third-order valence-corrected chi connectivity index (χ3v) is 4.37. The van der Waals surface area contributed by atoms with Crippen molar-refractivity contribution in [1.29, 1.82) is 0 Å². The average molecular weight is 260 g/mol. The minimum Gasteiger partial charge on any atom is -0.371 e. The highest BCUT2D eigenvalue weighted by Gasteiger charge is 2.23. The number of nitrogens with one attached hydrogen (secondary N) is 1.